The summed E-state index contributed by atoms with van der Waals surface area (Å²) in [5.74, 6) is -0.473. The molecule has 0 unspecified atom stereocenters. The predicted octanol–water partition coefficient (Wildman–Crippen LogP) is 4.87. The lowest BCUT2D eigenvalue weighted by Gasteiger charge is -2.09. The molecular weight excluding hydrogens is 328 g/mol. The van der Waals surface area contributed by atoms with E-state index in [-0.39, 0.29) is 5.69 Å². The average molecular weight is 344 g/mol. The van der Waals surface area contributed by atoms with Gasteiger partial charge in [-0.2, -0.15) is 0 Å². The Hall–Kier alpha value is -3.47. The van der Waals surface area contributed by atoms with Crippen LogP contribution >= 0.6 is 0 Å². The summed E-state index contributed by atoms with van der Waals surface area (Å²) >= 11 is 0. The zero-order valence-corrected chi connectivity index (χ0v) is 14.4. The molecular formula is C21H16N2O3. The number of furan rings is 1. The van der Waals surface area contributed by atoms with E-state index in [0.717, 1.165) is 22.3 Å². The van der Waals surface area contributed by atoms with E-state index in [2.05, 4.69) is 28.2 Å². The molecule has 0 aliphatic heterocycles. The van der Waals surface area contributed by atoms with Gasteiger partial charge in [0.1, 0.15) is 11.3 Å². The molecule has 4 aromatic rings. The summed E-state index contributed by atoms with van der Waals surface area (Å²) in [4.78, 5) is 19.7. The van der Waals surface area contributed by atoms with Gasteiger partial charge in [0.15, 0.2) is 5.69 Å². The SMILES string of the molecule is Cc1nc2oc(-c3cccc(-c4ccccc4)c3C)cc2nc1C(=O)O. The van der Waals surface area contributed by atoms with Gasteiger partial charge in [0.05, 0.1) is 5.69 Å². The van der Waals surface area contributed by atoms with Gasteiger partial charge >= 0.3 is 5.97 Å². The van der Waals surface area contributed by atoms with E-state index in [1.54, 1.807) is 13.0 Å². The van der Waals surface area contributed by atoms with E-state index in [0.29, 0.717) is 22.7 Å². The Morgan fingerprint density at radius 3 is 2.42 bits per heavy atom. The fourth-order valence-corrected chi connectivity index (χ4v) is 3.11. The van der Waals surface area contributed by atoms with E-state index in [1.807, 2.05) is 37.3 Å². The molecule has 0 fully saturated rings. The van der Waals surface area contributed by atoms with Crippen molar-refractivity contribution in [1.82, 2.24) is 9.97 Å². The largest absolute Gasteiger partial charge is 0.476 e. The van der Waals surface area contributed by atoms with Crippen LogP contribution in [-0.4, -0.2) is 21.0 Å². The molecule has 2 heterocycles. The summed E-state index contributed by atoms with van der Waals surface area (Å²) < 4.78 is 5.87. The number of aromatic carboxylic acids is 1. The third kappa shape index (κ3) is 2.63. The molecule has 1 N–H and O–H groups in total. The van der Waals surface area contributed by atoms with Crippen LogP contribution in [0.3, 0.4) is 0 Å². The van der Waals surface area contributed by atoms with Crippen LogP contribution < -0.4 is 0 Å². The lowest BCUT2D eigenvalue weighted by atomic mass is 9.95. The van der Waals surface area contributed by atoms with Crippen molar-refractivity contribution in [2.24, 2.45) is 0 Å². The number of hydrogen-bond acceptors (Lipinski definition) is 4. The van der Waals surface area contributed by atoms with Gasteiger partial charge in [-0.05, 0) is 30.5 Å². The first-order valence-corrected chi connectivity index (χ1v) is 8.21. The number of benzene rings is 2. The maximum absolute atomic E-state index is 11.3. The van der Waals surface area contributed by atoms with Crippen LogP contribution in [0.2, 0.25) is 0 Å². The molecule has 0 saturated carbocycles. The molecule has 2 aromatic carbocycles. The Bertz CT molecular complexity index is 1130. The van der Waals surface area contributed by atoms with Crippen molar-refractivity contribution in [2.75, 3.05) is 0 Å². The Morgan fingerprint density at radius 1 is 0.962 bits per heavy atom. The van der Waals surface area contributed by atoms with Gasteiger partial charge in [-0.15, -0.1) is 0 Å². The van der Waals surface area contributed by atoms with Crippen LogP contribution in [0.25, 0.3) is 33.7 Å². The molecule has 0 atom stereocenters. The van der Waals surface area contributed by atoms with Gasteiger partial charge in [0, 0.05) is 11.6 Å². The normalized spacial score (nSPS) is 11.0. The highest BCUT2D eigenvalue weighted by Crippen LogP contribution is 2.34. The minimum absolute atomic E-state index is 0.0559. The van der Waals surface area contributed by atoms with E-state index in [4.69, 9.17) is 4.42 Å². The molecule has 2 aromatic heterocycles. The fourth-order valence-electron chi connectivity index (χ4n) is 3.11. The first kappa shape index (κ1) is 16.0. The van der Waals surface area contributed by atoms with Crippen LogP contribution in [0.4, 0.5) is 0 Å². The molecule has 0 aliphatic carbocycles. The number of rotatable bonds is 3. The van der Waals surface area contributed by atoms with Gasteiger partial charge in [-0.1, -0.05) is 48.5 Å². The van der Waals surface area contributed by atoms with Gasteiger partial charge in [0.25, 0.3) is 0 Å². The van der Waals surface area contributed by atoms with Crippen LogP contribution in [0.15, 0.2) is 59.0 Å². The number of aryl methyl sites for hydroxylation is 1. The maximum atomic E-state index is 11.3. The molecule has 26 heavy (non-hydrogen) atoms. The molecule has 4 rings (SSSR count). The molecule has 0 radical (unpaired) electrons. The molecule has 128 valence electrons. The fraction of sp³-hybridized carbons (Fsp3) is 0.0952. The van der Waals surface area contributed by atoms with Crippen molar-refractivity contribution in [2.45, 2.75) is 13.8 Å². The summed E-state index contributed by atoms with van der Waals surface area (Å²) in [7, 11) is 0. The lowest BCUT2D eigenvalue weighted by Crippen LogP contribution is -2.04. The quantitative estimate of drug-likeness (QED) is 0.574. The smallest absolute Gasteiger partial charge is 0.356 e. The Balaban J connectivity index is 1.87. The minimum Gasteiger partial charge on any atom is -0.476 e. The summed E-state index contributed by atoms with van der Waals surface area (Å²) in [6.07, 6.45) is 0. The Labute approximate surface area is 150 Å². The standard InChI is InChI=1S/C21H16N2O3/c1-12-15(14-7-4-3-5-8-14)9-6-10-16(12)18-11-17-20(26-18)22-13(2)19(23-17)21(24)25/h3-11H,1-2H3,(H,24,25). The molecule has 5 nitrogen and oxygen atoms in total. The second kappa shape index (κ2) is 6.11. The van der Waals surface area contributed by atoms with Gasteiger partial charge < -0.3 is 9.52 Å². The summed E-state index contributed by atoms with van der Waals surface area (Å²) in [5, 5.41) is 9.22. The maximum Gasteiger partial charge on any atom is 0.356 e. The number of carboxylic acid groups (broad SMARTS) is 1. The highest BCUT2D eigenvalue weighted by molar-refractivity contribution is 5.89. The molecule has 0 bridgehead atoms. The number of aromatic nitrogens is 2. The lowest BCUT2D eigenvalue weighted by molar-refractivity contribution is 0.0689. The number of carboxylic acids is 1. The van der Waals surface area contributed by atoms with Crippen LogP contribution in [0, 0.1) is 13.8 Å². The van der Waals surface area contributed by atoms with Crippen LogP contribution in [0.1, 0.15) is 21.7 Å². The van der Waals surface area contributed by atoms with E-state index < -0.39 is 5.97 Å². The van der Waals surface area contributed by atoms with E-state index in [9.17, 15) is 9.90 Å². The van der Waals surface area contributed by atoms with E-state index >= 15 is 0 Å². The third-order valence-corrected chi connectivity index (χ3v) is 4.42. The number of carbonyl (C=O) groups is 1. The van der Waals surface area contributed by atoms with Crippen LogP contribution in [0.5, 0.6) is 0 Å². The molecule has 0 spiro atoms. The van der Waals surface area contributed by atoms with Crippen molar-refractivity contribution in [3.8, 4) is 22.5 Å². The summed E-state index contributed by atoms with van der Waals surface area (Å²) in [5.41, 5.74) is 5.31. The van der Waals surface area contributed by atoms with Crippen molar-refractivity contribution in [3.05, 3.63) is 71.5 Å². The van der Waals surface area contributed by atoms with Gasteiger partial charge in [-0.25, -0.2) is 14.8 Å². The summed E-state index contributed by atoms with van der Waals surface area (Å²) in [6.45, 7) is 3.65. The first-order chi connectivity index (χ1) is 12.5. The number of nitrogens with zero attached hydrogens (tertiary/aromatic N) is 2. The van der Waals surface area contributed by atoms with Crippen molar-refractivity contribution in [3.63, 3.8) is 0 Å². The van der Waals surface area contributed by atoms with Gasteiger partial charge in [-0.3, -0.25) is 0 Å². The second-order valence-electron chi connectivity index (χ2n) is 6.11. The molecule has 0 aliphatic rings. The predicted molar refractivity (Wildman–Crippen MR) is 99.1 cm³/mol. The van der Waals surface area contributed by atoms with Crippen molar-refractivity contribution < 1.29 is 14.3 Å². The highest BCUT2D eigenvalue weighted by atomic mass is 16.4. The highest BCUT2D eigenvalue weighted by Gasteiger charge is 2.17. The second-order valence-corrected chi connectivity index (χ2v) is 6.11. The Morgan fingerprint density at radius 2 is 1.69 bits per heavy atom. The average Bonchev–Trinajstić information content (AvgIpc) is 3.04. The van der Waals surface area contributed by atoms with Gasteiger partial charge in [0.2, 0.25) is 5.71 Å². The number of hydrogen-bond donors (Lipinski definition) is 1. The third-order valence-electron chi connectivity index (χ3n) is 4.42. The van der Waals surface area contributed by atoms with E-state index in [1.165, 1.54) is 0 Å². The minimum atomic E-state index is -1.10. The summed E-state index contributed by atoms with van der Waals surface area (Å²) in [6, 6.07) is 17.9. The topological polar surface area (TPSA) is 76.2 Å². The zero-order chi connectivity index (χ0) is 18.3. The first-order valence-electron chi connectivity index (χ1n) is 8.21. The van der Waals surface area contributed by atoms with Crippen LogP contribution in [-0.2, 0) is 0 Å². The molecule has 5 heteroatoms. The Kier molecular flexibility index (Phi) is 3.77. The van der Waals surface area contributed by atoms with Crippen molar-refractivity contribution >= 4 is 17.2 Å². The molecule has 0 amide bonds. The molecule has 0 saturated heterocycles. The number of fused-ring (bicyclic) bond motifs is 1. The van der Waals surface area contributed by atoms with Crippen molar-refractivity contribution in [1.29, 1.82) is 0 Å². The zero-order valence-electron chi connectivity index (χ0n) is 14.4. The monoisotopic (exact) mass is 344 g/mol.